The standard InChI is InChI=1S/C19H26N2O6/c1-6-8-12-14(18(22)27-7-2)15(21-19(23)20-12)11-9-10-13(24-3)17(26-5)16(11)25-4/h9-10,15H,6-8H2,1-5H3,(H2,20,21,23)/t15-/m1/s1. The molecule has 2 rings (SSSR count). The van der Waals surface area contributed by atoms with Crippen molar-refractivity contribution in [2.24, 2.45) is 0 Å². The minimum Gasteiger partial charge on any atom is -0.493 e. The number of carbonyl (C=O) groups is 2. The number of nitrogens with one attached hydrogen (secondary N) is 2. The van der Waals surface area contributed by atoms with Gasteiger partial charge in [0.2, 0.25) is 5.75 Å². The van der Waals surface area contributed by atoms with E-state index in [0.29, 0.717) is 40.5 Å². The SMILES string of the molecule is CCCC1=C(C(=O)OCC)[C@@H](c2ccc(OC)c(OC)c2OC)NC(=O)N1. The van der Waals surface area contributed by atoms with Crippen molar-refractivity contribution in [1.82, 2.24) is 10.6 Å². The second-order valence-electron chi connectivity index (χ2n) is 5.82. The number of hydrogen-bond donors (Lipinski definition) is 2. The Hall–Kier alpha value is -2.90. The summed E-state index contributed by atoms with van der Waals surface area (Å²) in [6.45, 7) is 3.93. The fraction of sp³-hybridized carbons (Fsp3) is 0.474. The van der Waals surface area contributed by atoms with Gasteiger partial charge in [-0.1, -0.05) is 13.3 Å². The number of urea groups is 1. The van der Waals surface area contributed by atoms with Crippen LogP contribution in [0.5, 0.6) is 17.2 Å². The smallest absolute Gasteiger partial charge is 0.338 e. The zero-order chi connectivity index (χ0) is 20.0. The van der Waals surface area contributed by atoms with E-state index in [-0.39, 0.29) is 6.61 Å². The Kier molecular flexibility index (Phi) is 6.92. The zero-order valence-electron chi connectivity index (χ0n) is 16.3. The number of ether oxygens (including phenoxy) is 4. The van der Waals surface area contributed by atoms with Gasteiger partial charge in [0, 0.05) is 11.3 Å². The van der Waals surface area contributed by atoms with Gasteiger partial charge in [0.05, 0.1) is 39.6 Å². The monoisotopic (exact) mass is 378 g/mol. The number of hydrogen-bond acceptors (Lipinski definition) is 6. The van der Waals surface area contributed by atoms with Crippen molar-refractivity contribution in [3.05, 3.63) is 29.0 Å². The lowest BCUT2D eigenvalue weighted by molar-refractivity contribution is -0.139. The molecular weight excluding hydrogens is 352 g/mol. The van der Waals surface area contributed by atoms with Crippen molar-refractivity contribution in [3.8, 4) is 17.2 Å². The molecule has 0 aromatic heterocycles. The summed E-state index contributed by atoms with van der Waals surface area (Å²) in [5, 5.41) is 5.52. The van der Waals surface area contributed by atoms with Crippen molar-refractivity contribution < 1.29 is 28.5 Å². The van der Waals surface area contributed by atoms with Crippen molar-refractivity contribution in [3.63, 3.8) is 0 Å². The van der Waals surface area contributed by atoms with Crippen LogP contribution in [0.25, 0.3) is 0 Å². The molecule has 0 bridgehead atoms. The molecule has 8 nitrogen and oxygen atoms in total. The summed E-state index contributed by atoms with van der Waals surface area (Å²) in [5.41, 5.74) is 1.46. The van der Waals surface area contributed by atoms with Crippen LogP contribution in [0, 0.1) is 0 Å². The molecule has 27 heavy (non-hydrogen) atoms. The van der Waals surface area contributed by atoms with Crippen molar-refractivity contribution in [2.75, 3.05) is 27.9 Å². The Labute approximate surface area is 158 Å². The second-order valence-corrected chi connectivity index (χ2v) is 5.82. The highest BCUT2D eigenvalue weighted by Crippen LogP contribution is 2.44. The van der Waals surface area contributed by atoms with Gasteiger partial charge in [-0.05, 0) is 25.5 Å². The molecule has 1 atom stereocenters. The molecule has 1 aromatic carbocycles. The van der Waals surface area contributed by atoms with Crippen molar-refractivity contribution in [2.45, 2.75) is 32.7 Å². The van der Waals surface area contributed by atoms with Crippen LogP contribution in [0.4, 0.5) is 4.79 Å². The Morgan fingerprint density at radius 1 is 1.07 bits per heavy atom. The Morgan fingerprint density at radius 2 is 1.78 bits per heavy atom. The highest BCUT2D eigenvalue weighted by molar-refractivity contribution is 5.95. The summed E-state index contributed by atoms with van der Waals surface area (Å²) in [5.74, 6) is 0.747. The van der Waals surface area contributed by atoms with E-state index in [1.54, 1.807) is 19.1 Å². The highest BCUT2D eigenvalue weighted by Gasteiger charge is 2.36. The summed E-state index contributed by atoms with van der Waals surface area (Å²) in [6, 6.07) is 2.30. The van der Waals surface area contributed by atoms with Crippen LogP contribution in [0.2, 0.25) is 0 Å². The molecule has 148 valence electrons. The van der Waals surface area contributed by atoms with Crippen molar-refractivity contribution in [1.29, 1.82) is 0 Å². The number of amides is 2. The maximum atomic E-state index is 12.7. The highest BCUT2D eigenvalue weighted by atomic mass is 16.5. The third-order valence-electron chi connectivity index (χ3n) is 4.19. The topological polar surface area (TPSA) is 95.1 Å². The van der Waals surface area contributed by atoms with E-state index in [2.05, 4.69) is 10.6 Å². The van der Waals surface area contributed by atoms with Crippen LogP contribution in [0.15, 0.2) is 23.4 Å². The normalized spacial score (nSPS) is 16.3. The van der Waals surface area contributed by atoms with Crippen LogP contribution >= 0.6 is 0 Å². The van der Waals surface area contributed by atoms with Gasteiger partial charge in [-0.3, -0.25) is 0 Å². The predicted molar refractivity (Wildman–Crippen MR) is 99.1 cm³/mol. The second kappa shape index (κ2) is 9.16. The fourth-order valence-corrected chi connectivity index (χ4v) is 3.10. The van der Waals surface area contributed by atoms with Gasteiger partial charge in [0.15, 0.2) is 11.5 Å². The number of esters is 1. The van der Waals surface area contributed by atoms with Gasteiger partial charge in [0.25, 0.3) is 0 Å². The lowest BCUT2D eigenvalue weighted by Crippen LogP contribution is -2.46. The first-order valence-electron chi connectivity index (χ1n) is 8.78. The first-order chi connectivity index (χ1) is 13.0. The predicted octanol–water partition coefficient (Wildman–Crippen LogP) is 2.68. The molecule has 2 amide bonds. The number of allylic oxidation sites excluding steroid dienone is 1. The van der Waals surface area contributed by atoms with Crippen LogP contribution < -0.4 is 24.8 Å². The number of benzene rings is 1. The Balaban J connectivity index is 2.67. The fourth-order valence-electron chi connectivity index (χ4n) is 3.10. The van der Waals surface area contributed by atoms with Crippen molar-refractivity contribution >= 4 is 12.0 Å². The number of methoxy groups -OCH3 is 3. The third-order valence-corrected chi connectivity index (χ3v) is 4.19. The maximum absolute atomic E-state index is 12.7. The molecule has 0 fully saturated rings. The first-order valence-corrected chi connectivity index (χ1v) is 8.78. The lowest BCUT2D eigenvalue weighted by atomic mass is 9.92. The molecular formula is C19H26N2O6. The van der Waals surface area contributed by atoms with E-state index in [9.17, 15) is 9.59 Å². The first kappa shape index (κ1) is 20.4. The van der Waals surface area contributed by atoms with Crippen LogP contribution in [0.1, 0.15) is 38.3 Å². The Morgan fingerprint density at radius 3 is 2.33 bits per heavy atom. The number of rotatable bonds is 8. The Bertz CT molecular complexity index is 744. The molecule has 0 aliphatic carbocycles. The zero-order valence-corrected chi connectivity index (χ0v) is 16.3. The molecule has 1 aliphatic heterocycles. The molecule has 8 heteroatoms. The minimum absolute atomic E-state index is 0.228. The van der Waals surface area contributed by atoms with Crippen LogP contribution in [-0.4, -0.2) is 39.9 Å². The summed E-state index contributed by atoms with van der Waals surface area (Å²) in [7, 11) is 4.51. The maximum Gasteiger partial charge on any atom is 0.338 e. The third kappa shape index (κ3) is 4.10. The van der Waals surface area contributed by atoms with E-state index < -0.39 is 18.0 Å². The molecule has 1 aliphatic rings. The summed E-state index contributed by atoms with van der Waals surface area (Å²) in [6.07, 6.45) is 1.29. The molecule has 0 radical (unpaired) electrons. The summed E-state index contributed by atoms with van der Waals surface area (Å²) in [4.78, 5) is 24.9. The van der Waals surface area contributed by atoms with Gasteiger partial charge < -0.3 is 29.6 Å². The molecule has 2 N–H and O–H groups in total. The van der Waals surface area contributed by atoms with E-state index in [4.69, 9.17) is 18.9 Å². The summed E-state index contributed by atoms with van der Waals surface area (Å²) >= 11 is 0. The minimum atomic E-state index is -0.742. The average Bonchev–Trinajstić information content (AvgIpc) is 2.66. The lowest BCUT2D eigenvalue weighted by Gasteiger charge is -2.30. The van der Waals surface area contributed by atoms with Crippen LogP contribution in [-0.2, 0) is 9.53 Å². The van der Waals surface area contributed by atoms with E-state index >= 15 is 0 Å². The largest absolute Gasteiger partial charge is 0.493 e. The molecule has 0 saturated carbocycles. The molecule has 0 saturated heterocycles. The van der Waals surface area contributed by atoms with E-state index in [1.165, 1.54) is 21.3 Å². The molecule has 0 spiro atoms. The van der Waals surface area contributed by atoms with Crippen LogP contribution in [0.3, 0.4) is 0 Å². The van der Waals surface area contributed by atoms with Gasteiger partial charge in [-0.25, -0.2) is 9.59 Å². The number of carbonyl (C=O) groups excluding carboxylic acids is 2. The quantitative estimate of drug-likeness (QED) is 0.676. The molecule has 1 aromatic rings. The van der Waals surface area contributed by atoms with E-state index in [1.807, 2.05) is 6.92 Å². The molecule has 1 heterocycles. The van der Waals surface area contributed by atoms with Gasteiger partial charge >= 0.3 is 12.0 Å². The van der Waals surface area contributed by atoms with Gasteiger partial charge in [0.1, 0.15) is 0 Å². The average molecular weight is 378 g/mol. The van der Waals surface area contributed by atoms with Gasteiger partial charge in [-0.2, -0.15) is 0 Å². The molecule has 0 unspecified atom stereocenters. The van der Waals surface area contributed by atoms with E-state index in [0.717, 1.165) is 6.42 Å². The summed E-state index contributed by atoms with van der Waals surface area (Å²) < 4.78 is 21.5. The van der Waals surface area contributed by atoms with Gasteiger partial charge in [-0.15, -0.1) is 0 Å².